The summed E-state index contributed by atoms with van der Waals surface area (Å²) in [7, 11) is 0. The molecule has 1 N–H and O–H groups in total. The van der Waals surface area contributed by atoms with Crippen molar-refractivity contribution in [3.63, 3.8) is 0 Å². The van der Waals surface area contributed by atoms with E-state index in [1.54, 1.807) is 0 Å². The number of rotatable bonds is 1. The maximum Gasteiger partial charge on any atom is 0.104 e. The van der Waals surface area contributed by atoms with Crippen molar-refractivity contribution in [3.8, 4) is 0 Å². The van der Waals surface area contributed by atoms with Gasteiger partial charge in [-0.05, 0) is 43.4 Å². The van der Waals surface area contributed by atoms with E-state index in [1.807, 2.05) is 0 Å². The van der Waals surface area contributed by atoms with Gasteiger partial charge in [-0.1, -0.05) is 19.9 Å². The zero-order valence-electron chi connectivity index (χ0n) is 11.0. The fraction of sp³-hybridized carbons (Fsp3) is 0.867. The Hall–Kier alpha value is -0.340. The maximum absolute atomic E-state index is 10.9. The van der Waals surface area contributed by atoms with Gasteiger partial charge in [0.05, 0.1) is 6.10 Å². The monoisotopic (exact) mass is 236 g/mol. The second-order valence-corrected chi connectivity index (χ2v) is 6.87. The van der Waals surface area contributed by atoms with E-state index in [1.165, 1.54) is 6.42 Å². The fourth-order valence-corrected chi connectivity index (χ4v) is 4.82. The van der Waals surface area contributed by atoms with Crippen LogP contribution in [0.2, 0.25) is 0 Å². The molecule has 0 amide bonds. The minimum atomic E-state index is -0.350. The SMILES string of the molecule is C=C[C@@]12CC[C@@H](C1)C(C)(C)[C@@H](O)[C@]21CCCO1. The largest absolute Gasteiger partial charge is 0.390 e. The molecule has 1 spiro atoms. The number of aliphatic hydroxyl groups is 1. The zero-order valence-corrected chi connectivity index (χ0v) is 11.0. The minimum Gasteiger partial charge on any atom is -0.390 e. The van der Waals surface area contributed by atoms with E-state index < -0.39 is 0 Å². The van der Waals surface area contributed by atoms with Gasteiger partial charge in [0.2, 0.25) is 0 Å². The minimum absolute atomic E-state index is 0.0205. The standard InChI is InChI=1S/C15H24O2/c1-4-14-8-6-11(10-14)13(2,3)12(16)15(14)7-5-9-17-15/h4,11-12,16H,1,5-10H2,2-3H3/t11-,12+,14+,15+/m0/s1. The van der Waals surface area contributed by atoms with Gasteiger partial charge >= 0.3 is 0 Å². The third-order valence-electron chi connectivity index (χ3n) is 6.03. The van der Waals surface area contributed by atoms with E-state index in [0.717, 1.165) is 32.3 Å². The average molecular weight is 236 g/mol. The van der Waals surface area contributed by atoms with Gasteiger partial charge in [-0.3, -0.25) is 0 Å². The van der Waals surface area contributed by atoms with Crippen molar-refractivity contribution in [2.45, 2.75) is 57.7 Å². The van der Waals surface area contributed by atoms with Gasteiger partial charge in [0.15, 0.2) is 0 Å². The molecule has 1 heterocycles. The van der Waals surface area contributed by atoms with Crippen LogP contribution in [0.1, 0.15) is 46.0 Å². The van der Waals surface area contributed by atoms with Gasteiger partial charge in [0, 0.05) is 12.0 Å². The first-order valence-electron chi connectivity index (χ1n) is 6.94. The highest BCUT2D eigenvalue weighted by Crippen LogP contribution is 2.66. The highest BCUT2D eigenvalue weighted by molar-refractivity contribution is 5.23. The summed E-state index contributed by atoms with van der Waals surface area (Å²) < 4.78 is 6.13. The van der Waals surface area contributed by atoms with Gasteiger partial charge in [-0.15, -0.1) is 6.58 Å². The molecule has 3 fully saturated rings. The molecular formula is C15H24O2. The molecule has 2 heteroatoms. The second kappa shape index (κ2) is 3.36. The molecule has 17 heavy (non-hydrogen) atoms. The van der Waals surface area contributed by atoms with Crippen molar-refractivity contribution in [2.24, 2.45) is 16.7 Å². The van der Waals surface area contributed by atoms with Crippen LogP contribution >= 0.6 is 0 Å². The Morgan fingerprint density at radius 2 is 2.12 bits per heavy atom. The molecule has 0 radical (unpaired) electrons. The summed E-state index contributed by atoms with van der Waals surface area (Å²) in [6.07, 6.45) is 7.32. The quantitative estimate of drug-likeness (QED) is 0.709. The summed E-state index contributed by atoms with van der Waals surface area (Å²) in [6.45, 7) is 9.29. The van der Waals surface area contributed by atoms with Crippen molar-refractivity contribution in [1.29, 1.82) is 0 Å². The normalized spacial score (nSPS) is 51.9. The molecule has 0 unspecified atom stereocenters. The Bertz CT molecular complexity index is 341. The van der Waals surface area contributed by atoms with E-state index >= 15 is 0 Å². The first-order valence-corrected chi connectivity index (χ1v) is 6.94. The Morgan fingerprint density at radius 1 is 1.35 bits per heavy atom. The van der Waals surface area contributed by atoms with E-state index in [4.69, 9.17) is 4.74 Å². The molecule has 0 aromatic carbocycles. The molecule has 2 aliphatic carbocycles. The van der Waals surface area contributed by atoms with Crippen LogP contribution in [0.5, 0.6) is 0 Å². The molecule has 1 aliphatic heterocycles. The highest BCUT2D eigenvalue weighted by Gasteiger charge is 2.68. The number of hydrogen-bond acceptors (Lipinski definition) is 2. The topological polar surface area (TPSA) is 29.5 Å². The van der Waals surface area contributed by atoms with Gasteiger partial charge < -0.3 is 9.84 Å². The number of ether oxygens (including phenoxy) is 1. The van der Waals surface area contributed by atoms with Crippen LogP contribution in [0.15, 0.2) is 12.7 Å². The molecule has 1 saturated heterocycles. The number of hydrogen-bond donors (Lipinski definition) is 1. The van der Waals surface area contributed by atoms with Crippen LogP contribution in [-0.2, 0) is 4.74 Å². The number of aliphatic hydroxyl groups excluding tert-OH is 1. The second-order valence-electron chi connectivity index (χ2n) is 6.87. The molecule has 96 valence electrons. The summed E-state index contributed by atoms with van der Waals surface area (Å²) >= 11 is 0. The molecule has 4 atom stereocenters. The van der Waals surface area contributed by atoms with Gasteiger partial charge in [-0.25, -0.2) is 0 Å². The molecular weight excluding hydrogens is 212 g/mol. The van der Waals surface area contributed by atoms with Crippen LogP contribution in [-0.4, -0.2) is 23.4 Å². The number of fused-ring (bicyclic) bond motifs is 3. The molecule has 2 bridgehead atoms. The Labute approximate surface area is 104 Å². The fourth-order valence-electron chi connectivity index (χ4n) is 4.82. The van der Waals surface area contributed by atoms with E-state index in [0.29, 0.717) is 5.92 Å². The molecule has 0 aromatic heterocycles. The Morgan fingerprint density at radius 3 is 2.71 bits per heavy atom. The Kier molecular flexibility index (Phi) is 2.32. The predicted molar refractivity (Wildman–Crippen MR) is 67.7 cm³/mol. The maximum atomic E-state index is 10.9. The zero-order chi connectivity index (χ0) is 12.3. The van der Waals surface area contributed by atoms with Gasteiger partial charge in [0.25, 0.3) is 0 Å². The summed E-state index contributed by atoms with van der Waals surface area (Å²) in [4.78, 5) is 0. The third-order valence-corrected chi connectivity index (χ3v) is 6.03. The predicted octanol–water partition coefficient (Wildman–Crippen LogP) is 2.91. The first kappa shape index (κ1) is 11.7. The lowest BCUT2D eigenvalue weighted by Crippen LogP contribution is -2.63. The van der Waals surface area contributed by atoms with Crippen molar-refractivity contribution in [1.82, 2.24) is 0 Å². The summed E-state index contributed by atoms with van der Waals surface area (Å²) in [5, 5.41) is 10.9. The molecule has 2 nitrogen and oxygen atoms in total. The lowest BCUT2D eigenvalue weighted by molar-refractivity contribution is -0.213. The van der Waals surface area contributed by atoms with Crippen LogP contribution in [0.25, 0.3) is 0 Å². The van der Waals surface area contributed by atoms with E-state index in [-0.39, 0.29) is 22.5 Å². The van der Waals surface area contributed by atoms with Crippen molar-refractivity contribution >= 4 is 0 Å². The molecule has 0 aromatic rings. The van der Waals surface area contributed by atoms with Crippen molar-refractivity contribution < 1.29 is 9.84 Å². The highest BCUT2D eigenvalue weighted by atomic mass is 16.5. The average Bonchev–Trinajstić information content (AvgIpc) is 2.94. The molecule has 2 saturated carbocycles. The summed E-state index contributed by atoms with van der Waals surface area (Å²) in [5.74, 6) is 0.616. The van der Waals surface area contributed by atoms with Gasteiger partial charge in [0.1, 0.15) is 5.60 Å². The Balaban J connectivity index is 2.11. The third kappa shape index (κ3) is 1.18. The summed E-state index contributed by atoms with van der Waals surface area (Å²) in [6, 6.07) is 0. The van der Waals surface area contributed by atoms with Crippen LogP contribution < -0.4 is 0 Å². The first-order chi connectivity index (χ1) is 7.98. The molecule has 3 aliphatic rings. The van der Waals surface area contributed by atoms with E-state index in [2.05, 4.69) is 26.5 Å². The smallest absolute Gasteiger partial charge is 0.104 e. The van der Waals surface area contributed by atoms with Crippen molar-refractivity contribution in [3.05, 3.63) is 12.7 Å². The van der Waals surface area contributed by atoms with Crippen LogP contribution in [0, 0.1) is 16.7 Å². The van der Waals surface area contributed by atoms with Gasteiger partial charge in [-0.2, -0.15) is 0 Å². The van der Waals surface area contributed by atoms with Crippen LogP contribution in [0.3, 0.4) is 0 Å². The molecule has 3 rings (SSSR count). The lowest BCUT2D eigenvalue weighted by atomic mass is 9.54. The van der Waals surface area contributed by atoms with Crippen molar-refractivity contribution in [2.75, 3.05) is 6.61 Å². The lowest BCUT2D eigenvalue weighted by Gasteiger charge is -2.56. The van der Waals surface area contributed by atoms with E-state index in [9.17, 15) is 5.11 Å². The summed E-state index contributed by atoms with van der Waals surface area (Å²) in [5.41, 5.74) is -0.332. The van der Waals surface area contributed by atoms with Crippen LogP contribution in [0.4, 0.5) is 0 Å².